The predicted molar refractivity (Wildman–Crippen MR) is 94.7 cm³/mol. The van der Waals surface area contributed by atoms with Crippen molar-refractivity contribution in [3.63, 3.8) is 0 Å². The molecule has 0 saturated heterocycles. The Morgan fingerprint density at radius 1 is 0.913 bits per heavy atom. The van der Waals surface area contributed by atoms with Crippen molar-refractivity contribution in [2.24, 2.45) is 0 Å². The maximum atomic E-state index is 11.5. The molecule has 3 rings (SSSR count). The lowest BCUT2D eigenvalue weighted by Gasteiger charge is -2.07. The number of aromatic carboxylic acids is 1. The quantitative estimate of drug-likeness (QED) is 0.704. The second-order valence-electron chi connectivity index (χ2n) is 5.48. The van der Waals surface area contributed by atoms with Crippen LogP contribution in [0.5, 0.6) is 0 Å². The van der Waals surface area contributed by atoms with Crippen molar-refractivity contribution in [2.75, 3.05) is 0 Å². The van der Waals surface area contributed by atoms with Crippen LogP contribution >= 0.6 is 0 Å². The molecule has 114 valence electrons. The van der Waals surface area contributed by atoms with E-state index < -0.39 is 5.97 Å². The van der Waals surface area contributed by atoms with Gasteiger partial charge in [0, 0.05) is 0 Å². The molecular formula is C21H18O2. The molecule has 0 spiro atoms. The van der Waals surface area contributed by atoms with E-state index in [0.29, 0.717) is 5.56 Å². The molecule has 0 radical (unpaired) electrons. The molecule has 0 saturated carbocycles. The highest BCUT2D eigenvalue weighted by atomic mass is 16.4. The van der Waals surface area contributed by atoms with E-state index in [-0.39, 0.29) is 0 Å². The molecule has 0 unspecified atom stereocenters. The normalized spacial score (nSPS) is 11.1. The zero-order valence-electron chi connectivity index (χ0n) is 12.8. The van der Waals surface area contributed by atoms with E-state index in [1.165, 1.54) is 5.56 Å². The minimum absolute atomic E-state index is 0.347. The molecule has 0 aliphatic heterocycles. The van der Waals surface area contributed by atoms with Crippen LogP contribution in [0.3, 0.4) is 0 Å². The molecule has 0 bridgehead atoms. The van der Waals surface area contributed by atoms with Crippen LogP contribution in [-0.4, -0.2) is 11.1 Å². The molecule has 0 aromatic heterocycles. The van der Waals surface area contributed by atoms with Gasteiger partial charge in [0.15, 0.2) is 0 Å². The Hall–Kier alpha value is -2.87. The van der Waals surface area contributed by atoms with Crippen molar-refractivity contribution in [3.05, 3.63) is 89.5 Å². The summed E-state index contributed by atoms with van der Waals surface area (Å²) in [7, 11) is 0. The van der Waals surface area contributed by atoms with Crippen LogP contribution in [0.25, 0.3) is 16.8 Å². The maximum Gasteiger partial charge on any atom is 0.336 e. The highest BCUT2D eigenvalue weighted by molar-refractivity contribution is 6.02. The zero-order valence-corrected chi connectivity index (χ0v) is 12.8. The standard InChI is InChI=1S/C21H18O2/c22-21(23)20-15-14-17-11-5-7-12-18(17)19(20)13-6-4-10-16-8-2-1-3-9-16/h1-3,5-9,11-15H,4,10H2,(H,22,23)/b13-6+. The van der Waals surface area contributed by atoms with Crippen LogP contribution in [0.2, 0.25) is 0 Å². The third-order valence-electron chi connectivity index (χ3n) is 3.93. The van der Waals surface area contributed by atoms with Crippen LogP contribution in [0.15, 0.2) is 72.8 Å². The molecule has 3 aromatic rings. The van der Waals surface area contributed by atoms with E-state index in [0.717, 1.165) is 29.2 Å². The Kier molecular flexibility index (Phi) is 4.53. The summed E-state index contributed by atoms with van der Waals surface area (Å²) in [5, 5.41) is 11.5. The van der Waals surface area contributed by atoms with E-state index in [2.05, 4.69) is 18.2 Å². The second kappa shape index (κ2) is 6.93. The van der Waals surface area contributed by atoms with E-state index >= 15 is 0 Å². The fourth-order valence-corrected chi connectivity index (χ4v) is 2.76. The first-order valence-electron chi connectivity index (χ1n) is 7.71. The third-order valence-corrected chi connectivity index (χ3v) is 3.93. The van der Waals surface area contributed by atoms with Gasteiger partial charge in [-0.1, -0.05) is 72.8 Å². The van der Waals surface area contributed by atoms with Gasteiger partial charge >= 0.3 is 5.97 Å². The molecule has 2 nitrogen and oxygen atoms in total. The van der Waals surface area contributed by atoms with Gasteiger partial charge in [-0.2, -0.15) is 0 Å². The zero-order chi connectivity index (χ0) is 16.1. The van der Waals surface area contributed by atoms with Crippen LogP contribution in [0.4, 0.5) is 0 Å². The van der Waals surface area contributed by atoms with Gasteiger partial charge in [-0.15, -0.1) is 0 Å². The summed E-state index contributed by atoms with van der Waals surface area (Å²) in [5.41, 5.74) is 2.41. The van der Waals surface area contributed by atoms with Crippen molar-refractivity contribution < 1.29 is 9.90 Å². The molecule has 23 heavy (non-hydrogen) atoms. The largest absolute Gasteiger partial charge is 0.478 e. The van der Waals surface area contributed by atoms with Gasteiger partial charge in [-0.05, 0) is 40.8 Å². The van der Waals surface area contributed by atoms with Crippen molar-refractivity contribution in [1.82, 2.24) is 0 Å². The van der Waals surface area contributed by atoms with E-state index in [1.54, 1.807) is 6.07 Å². The number of hydrogen-bond acceptors (Lipinski definition) is 1. The molecule has 0 amide bonds. The number of allylic oxidation sites excluding steroid dienone is 1. The summed E-state index contributed by atoms with van der Waals surface area (Å²) in [5.74, 6) is -0.890. The molecule has 0 atom stereocenters. The lowest BCUT2D eigenvalue weighted by molar-refractivity contribution is 0.0697. The van der Waals surface area contributed by atoms with E-state index in [4.69, 9.17) is 0 Å². The molecule has 0 aliphatic rings. The Labute approximate surface area is 135 Å². The summed E-state index contributed by atoms with van der Waals surface area (Å²) in [6.07, 6.45) is 5.83. The summed E-state index contributed by atoms with van der Waals surface area (Å²) in [6.45, 7) is 0. The van der Waals surface area contributed by atoms with Gasteiger partial charge < -0.3 is 5.11 Å². The first kappa shape index (κ1) is 15.0. The van der Waals surface area contributed by atoms with Crippen molar-refractivity contribution >= 4 is 22.8 Å². The van der Waals surface area contributed by atoms with Gasteiger partial charge in [0.05, 0.1) is 5.56 Å². The number of hydrogen-bond donors (Lipinski definition) is 1. The number of rotatable bonds is 5. The topological polar surface area (TPSA) is 37.3 Å². The Morgan fingerprint density at radius 2 is 1.65 bits per heavy atom. The molecule has 0 heterocycles. The molecule has 3 aromatic carbocycles. The van der Waals surface area contributed by atoms with Gasteiger partial charge in [-0.3, -0.25) is 0 Å². The SMILES string of the molecule is O=C(O)c1ccc2ccccc2c1/C=C/CCc1ccccc1. The molecule has 1 N–H and O–H groups in total. The molecular weight excluding hydrogens is 284 g/mol. The van der Waals surface area contributed by atoms with Gasteiger partial charge in [-0.25, -0.2) is 4.79 Å². The maximum absolute atomic E-state index is 11.5. The summed E-state index contributed by atoms with van der Waals surface area (Å²) in [6, 6.07) is 21.7. The van der Waals surface area contributed by atoms with Gasteiger partial charge in [0.2, 0.25) is 0 Å². The Morgan fingerprint density at radius 3 is 2.43 bits per heavy atom. The lowest BCUT2D eigenvalue weighted by atomic mass is 9.98. The van der Waals surface area contributed by atoms with Crippen LogP contribution < -0.4 is 0 Å². The van der Waals surface area contributed by atoms with Crippen LogP contribution in [-0.2, 0) is 6.42 Å². The highest BCUT2D eigenvalue weighted by Gasteiger charge is 2.10. The Bertz CT molecular complexity index is 848. The summed E-state index contributed by atoms with van der Waals surface area (Å²) < 4.78 is 0. The number of benzene rings is 3. The number of fused-ring (bicyclic) bond motifs is 1. The first-order chi connectivity index (χ1) is 11.3. The molecule has 2 heteroatoms. The molecule has 0 aliphatic carbocycles. The van der Waals surface area contributed by atoms with Crippen LogP contribution in [0, 0.1) is 0 Å². The van der Waals surface area contributed by atoms with Crippen molar-refractivity contribution in [3.8, 4) is 0 Å². The third kappa shape index (κ3) is 3.49. The fourth-order valence-electron chi connectivity index (χ4n) is 2.76. The fraction of sp³-hybridized carbons (Fsp3) is 0.0952. The summed E-state index contributed by atoms with van der Waals surface area (Å²) in [4.78, 5) is 11.5. The smallest absolute Gasteiger partial charge is 0.336 e. The lowest BCUT2D eigenvalue weighted by Crippen LogP contribution is -2.00. The average Bonchev–Trinajstić information content (AvgIpc) is 2.59. The number of carboxylic acids is 1. The van der Waals surface area contributed by atoms with E-state index in [9.17, 15) is 9.90 Å². The minimum Gasteiger partial charge on any atom is -0.478 e. The monoisotopic (exact) mass is 302 g/mol. The van der Waals surface area contributed by atoms with Crippen molar-refractivity contribution in [1.29, 1.82) is 0 Å². The average molecular weight is 302 g/mol. The highest BCUT2D eigenvalue weighted by Crippen LogP contribution is 2.24. The first-order valence-corrected chi connectivity index (χ1v) is 7.71. The summed E-state index contributed by atoms with van der Waals surface area (Å²) >= 11 is 0. The van der Waals surface area contributed by atoms with Crippen LogP contribution in [0.1, 0.15) is 27.9 Å². The van der Waals surface area contributed by atoms with Crippen molar-refractivity contribution in [2.45, 2.75) is 12.8 Å². The second-order valence-corrected chi connectivity index (χ2v) is 5.48. The molecule has 0 fully saturated rings. The van der Waals surface area contributed by atoms with Gasteiger partial charge in [0.25, 0.3) is 0 Å². The number of carbonyl (C=O) groups is 1. The van der Waals surface area contributed by atoms with E-state index in [1.807, 2.05) is 54.6 Å². The minimum atomic E-state index is -0.890. The number of aryl methyl sites for hydroxylation is 1. The van der Waals surface area contributed by atoms with Gasteiger partial charge in [0.1, 0.15) is 0 Å². The Balaban J connectivity index is 1.87. The predicted octanol–water partition coefficient (Wildman–Crippen LogP) is 5.18. The number of carboxylic acid groups (broad SMARTS) is 1.